The molecule has 1 amide bonds. The lowest BCUT2D eigenvalue weighted by molar-refractivity contribution is 0.0937. The molecule has 5 heteroatoms. The van der Waals surface area contributed by atoms with Crippen molar-refractivity contribution in [3.8, 4) is 0 Å². The van der Waals surface area contributed by atoms with Crippen molar-refractivity contribution in [3.05, 3.63) is 92.0 Å². The van der Waals surface area contributed by atoms with Gasteiger partial charge in [0.15, 0.2) is 0 Å². The predicted molar refractivity (Wildman–Crippen MR) is 96.5 cm³/mol. The molecule has 0 aliphatic carbocycles. The fourth-order valence-electron chi connectivity index (χ4n) is 2.63. The van der Waals surface area contributed by atoms with E-state index in [1.54, 1.807) is 17.4 Å². The predicted octanol–water partition coefficient (Wildman–Crippen LogP) is 3.46. The molecular formula is C19H18N2O2S. The van der Waals surface area contributed by atoms with E-state index in [-0.39, 0.29) is 17.5 Å². The Labute approximate surface area is 144 Å². The summed E-state index contributed by atoms with van der Waals surface area (Å²) in [6.07, 6.45) is 2.19. The quantitative estimate of drug-likeness (QED) is 0.748. The highest BCUT2D eigenvalue weighted by atomic mass is 32.1. The van der Waals surface area contributed by atoms with Crippen LogP contribution >= 0.6 is 11.3 Å². The van der Waals surface area contributed by atoms with Crippen LogP contribution in [0, 0.1) is 6.92 Å². The molecule has 3 rings (SSSR count). The topological polar surface area (TPSA) is 62.0 Å². The Morgan fingerprint density at radius 1 is 1.21 bits per heavy atom. The molecule has 2 N–H and O–H groups in total. The molecule has 0 spiro atoms. The van der Waals surface area contributed by atoms with Gasteiger partial charge >= 0.3 is 0 Å². The van der Waals surface area contributed by atoms with Crippen molar-refractivity contribution < 1.29 is 4.79 Å². The Morgan fingerprint density at radius 2 is 2.00 bits per heavy atom. The summed E-state index contributed by atoms with van der Waals surface area (Å²) in [4.78, 5) is 27.6. The largest absolute Gasteiger partial charge is 0.344 e. The number of hydrogen-bond donors (Lipinski definition) is 2. The molecule has 4 nitrogen and oxygen atoms in total. The Hall–Kier alpha value is -2.66. The molecule has 0 aliphatic rings. The van der Waals surface area contributed by atoms with E-state index >= 15 is 0 Å². The third-order valence-electron chi connectivity index (χ3n) is 3.84. The van der Waals surface area contributed by atoms with E-state index in [2.05, 4.69) is 28.5 Å². The van der Waals surface area contributed by atoms with Crippen molar-refractivity contribution in [2.75, 3.05) is 0 Å². The van der Waals surface area contributed by atoms with Gasteiger partial charge in [-0.3, -0.25) is 9.59 Å². The number of aryl methyl sites for hydroxylation is 1. The number of hydrogen-bond acceptors (Lipinski definition) is 3. The van der Waals surface area contributed by atoms with E-state index < -0.39 is 0 Å². The Kier molecular flexibility index (Phi) is 4.91. The van der Waals surface area contributed by atoms with Crippen LogP contribution in [0.4, 0.5) is 0 Å². The van der Waals surface area contributed by atoms with Crippen LogP contribution in [0.3, 0.4) is 0 Å². The second kappa shape index (κ2) is 7.27. The summed E-state index contributed by atoms with van der Waals surface area (Å²) in [5, 5.41) is 5.10. The van der Waals surface area contributed by atoms with Gasteiger partial charge < -0.3 is 10.3 Å². The van der Waals surface area contributed by atoms with Crippen LogP contribution in [0.25, 0.3) is 0 Å². The molecule has 0 saturated carbocycles. The first kappa shape index (κ1) is 16.2. The lowest BCUT2D eigenvalue weighted by atomic mass is 10.0. The maximum Gasteiger partial charge on any atom is 0.252 e. The molecule has 0 bridgehead atoms. The maximum atomic E-state index is 12.5. The molecule has 24 heavy (non-hydrogen) atoms. The number of H-pyrrole nitrogens is 1. The molecule has 2 heterocycles. The van der Waals surface area contributed by atoms with E-state index in [4.69, 9.17) is 0 Å². The average Bonchev–Trinajstić information content (AvgIpc) is 3.01. The monoisotopic (exact) mass is 338 g/mol. The Balaban J connectivity index is 1.86. The first-order valence-corrected chi connectivity index (χ1v) is 8.59. The molecular weight excluding hydrogens is 320 g/mol. The number of carbonyl (C=O) groups is 1. The van der Waals surface area contributed by atoms with Gasteiger partial charge in [-0.2, -0.15) is 0 Å². The maximum absolute atomic E-state index is 12.5. The molecule has 0 aliphatic heterocycles. The van der Waals surface area contributed by atoms with Gasteiger partial charge in [-0.05, 0) is 42.0 Å². The zero-order valence-corrected chi connectivity index (χ0v) is 14.1. The third kappa shape index (κ3) is 3.81. The second-order valence-electron chi connectivity index (χ2n) is 5.63. The van der Waals surface area contributed by atoms with Gasteiger partial charge in [0.1, 0.15) is 0 Å². The molecule has 1 atom stereocenters. The molecule has 0 radical (unpaired) electrons. The number of pyridine rings is 1. The summed E-state index contributed by atoms with van der Waals surface area (Å²) >= 11 is 1.63. The van der Waals surface area contributed by atoms with Crippen LogP contribution in [0.2, 0.25) is 0 Å². The van der Waals surface area contributed by atoms with Crippen LogP contribution in [0.1, 0.15) is 32.4 Å². The van der Waals surface area contributed by atoms with Crippen LogP contribution in [-0.2, 0) is 6.42 Å². The summed E-state index contributed by atoms with van der Waals surface area (Å²) in [7, 11) is 0. The highest BCUT2D eigenvalue weighted by Gasteiger charge is 2.19. The van der Waals surface area contributed by atoms with Gasteiger partial charge in [0.05, 0.1) is 6.04 Å². The normalized spacial score (nSPS) is 11.9. The van der Waals surface area contributed by atoms with Crippen molar-refractivity contribution in [1.82, 2.24) is 10.3 Å². The minimum atomic E-state index is -0.283. The van der Waals surface area contributed by atoms with Crippen LogP contribution in [-0.4, -0.2) is 10.9 Å². The summed E-state index contributed by atoms with van der Waals surface area (Å²) in [5.41, 5.74) is 2.40. The summed E-state index contributed by atoms with van der Waals surface area (Å²) in [5.74, 6) is -0.241. The first-order chi connectivity index (χ1) is 11.6. The minimum absolute atomic E-state index is 0.126. The number of benzene rings is 1. The Bertz CT molecular complexity index is 883. The second-order valence-corrected chi connectivity index (χ2v) is 6.57. The van der Waals surface area contributed by atoms with Gasteiger partial charge in [0.2, 0.25) is 5.56 Å². The smallest absolute Gasteiger partial charge is 0.252 e. The van der Waals surface area contributed by atoms with Gasteiger partial charge in [0, 0.05) is 22.7 Å². The summed E-state index contributed by atoms with van der Waals surface area (Å²) in [6.45, 7) is 2.04. The van der Waals surface area contributed by atoms with E-state index in [0.717, 1.165) is 16.0 Å². The molecule has 1 unspecified atom stereocenters. The number of aromatic nitrogens is 1. The number of thiophene rings is 1. The zero-order valence-electron chi connectivity index (χ0n) is 13.3. The highest BCUT2D eigenvalue weighted by molar-refractivity contribution is 7.10. The van der Waals surface area contributed by atoms with Gasteiger partial charge in [0.25, 0.3) is 5.91 Å². The zero-order chi connectivity index (χ0) is 16.9. The molecule has 3 aromatic rings. The van der Waals surface area contributed by atoms with Crippen molar-refractivity contribution in [2.24, 2.45) is 0 Å². The number of rotatable bonds is 5. The van der Waals surface area contributed by atoms with Gasteiger partial charge in [-0.25, -0.2) is 0 Å². The van der Waals surface area contributed by atoms with Crippen molar-refractivity contribution in [2.45, 2.75) is 19.4 Å². The fraction of sp³-hybridized carbons (Fsp3) is 0.158. The van der Waals surface area contributed by atoms with Crippen molar-refractivity contribution in [1.29, 1.82) is 0 Å². The van der Waals surface area contributed by atoms with E-state index in [1.807, 2.05) is 30.5 Å². The standard InChI is InChI=1S/C19H18N2O2S/c1-13-8-10-24-18(13)16(11-14-5-3-2-4-6-14)21-19(23)15-7-9-20-17(22)12-15/h2-10,12,16H,11H2,1H3,(H,20,22)(H,21,23). The summed E-state index contributed by atoms with van der Waals surface area (Å²) < 4.78 is 0. The molecule has 1 aromatic carbocycles. The minimum Gasteiger partial charge on any atom is -0.344 e. The van der Waals surface area contributed by atoms with Crippen LogP contribution in [0.15, 0.2) is 64.9 Å². The van der Waals surface area contributed by atoms with Gasteiger partial charge in [-0.15, -0.1) is 11.3 Å². The highest BCUT2D eigenvalue weighted by Crippen LogP contribution is 2.27. The first-order valence-electron chi connectivity index (χ1n) is 7.71. The van der Waals surface area contributed by atoms with Crippen LogP contribution in [0.5, 0.6) is 0 Å². The molecule has 0 saturated heterocycles. The van der Waals surface area contributed by atoms with E-state index in [9.17, 15) is 9.59 Å². The number of amides is 1. The number of carbonyl (C=O) groups excluding carboxylic acids is 1. The Morgan fingerprint density at radius 3 is 2.67 bits per heavy atom. The molecule has 0 fully saturated rings. The summed E-state index contributed by atoms with van der Waals surface area (Å²) in [6, 6.07) is 14.9. The average molecular weight is 338 g/mol. The van der Waals surface area contributed by atoms with Gasteiger partial charge in [-0.1, -0.05) is 30.3 Å². The van der Waals surface area contributed by atoms with E-state index in [0.29, 0.717) is 12.0 Å². The third-order valence-corrected chi connectivity index (χ3v) is 4.98. The van der Waals surface area contributed by atoms with Crippen molar-refractivity contribution >= 4 is 17.2 Å². The van der Waals surface area contributed by atoms with Crippen molar-refractivity contribution in [3.63, 3.8) is 0 Å². The molecule has 122 valence electrons. The van der Waals surface area contributed by atoms with Crippen LogP contribution < -0.4 is 10.9 Å². The fourth-order valence-corrected chi connectivity index (χ4v) is 3.61. The van der Waals surface area contributed by atoms with E-state index in [1.165, 1.54) is 12.3 Å². The SMILES string of the molecule is Cc1ccsc1C(Cc1ccccc1)NC(=O)c1cc[nH]c(=O)c1. The number of nitrogens with one attached hydrogen (secondary N) is 2. The molecule has 2 aromatic heterocycles. The lowest BCUT2D eigenvalue weighted by Gasteiger charge is -2.19. The lowest BCUT2D eigenvalue weighted by Crippen LogP contribution is -2.30. The number of aromatic amines is 1.